The molecular formula is C17H26O4. The van der Waals surface area contributed by atoms with Gasteiger partial charge in [-0.05, 0) is 36.8 Å². The highest BCUT2D eigenvalue weighted by molar-refractivity contribution is 5.95. The Hall–Kier alpha value is -1.16. The molecule has 4 heteroatoms. The molecule has 2 aliphatic rings. The summed E-state index contributed by atoms with van der Waals surface area (Å²) in [5.41, 5.74) is -1.43. The topological polar surface area (TPSA) is 63.6 Å². The SMILES string of the molecule is CC(=O)OC[C@@]1(O)C(C)=CC(=O)[C@H]2C(C)(C)CCC[C@@]21C. The third-order valence-electron chi connectivity index (χ3n) is 5.66. The number of allylic oxidation sites excluding steroid dienone is 1. The number of hydrogen-bond donors (Lipinski definition) is 1. The number of carbonyl (C=O) groups excluding carboxylic acids is 2. The summed E-state index contributed by atoms with van der Waals surface area (Å²) in [6, 6.07) is 0. The van der Waals surface area contributed by atoms with Crippen LogP contribution in [-0.4, -0.2) is 29.1 Å². The van der Waals surface area contributed by atoms with Crippen LogP contribution in [0.25, 0.3) is 0 Å². The predicted octanol–water partition coefficient (Wildman–Crippen LogP) is 2.64. The van der Waals surface area contributed by atoms with Crippen LogP contribution in [0, 0.1) is 16.7 Å². The van der Waals surface area contributed by atoms with Crippen molar-refractivity contribution >= 4 is 11.8 Å². The molecular weight excluding hydrogens is 268 g/mol. The molecule has 0 aromatic heterocycles. The van der Waals surface area contributed by atoms with Crippen molar-refractivity contribution in [1.82, 2.24) is 0 Å². The van der Waals surface area contributed by atoms with Crippen molar-refractivity contribution in [3.63, 3.8) is 0 Å². The number of ether oxygens (including phenoxy) is 1. The highest BCUT2D eigenvalue weighted by atomic mass is 16.5. The van der Waals surface area contributed by atoms with Gasteiger partial charge in [-0.1, -0.05) is 27.2 Å². The molecule has 0 radical (unpaired) electrons. The van der Waals surface area contributed by atoms with Gasteiger partial charge in [0.1, 0.15) is 12.2 Å². The van der Waals surface area contributed by atoms with E-state index in [9.17, 15) is 14.7 Å². The predicted molar refractivity (Wildman–Crippen MR) is 79.6 cm³/mol. The lowest BCUT2D eigenvalue weighted by atomic mass is 9.47. The van der Waals surface area contributed by atoms with Crippen molar-refractivity contribution in [2.24, 2.45) is 16.7 Å². The lowest BCUT2D eigenvalue weighted by Crippen LogP contribution is -2.63. The molecule has 1 N–H and O–H groups in total. The van der Waals surface area contributed by atoms with Crippen LogP contribution >= 0.6 is 0 Å². The molecule has 0 saturated heterocycles. The van der Waals surface area contributed by atoms with E-state index in [1.807, 2.05) is 6.92 Å². The van der Waals surface area contributed by atoms with E-state index < -0.39 is 17.0 Å². The average Bonchev–Trinajstić information content (AvgIpc) is 2.32. The molecule has 0 bridgehead atoms. The fraction of sp³-hybridized carbons (Fsp3) is 0.765. The standard InChI is InChI=1S/C17H26O4/c1-11-9-13(19)14-15(3,4)7-6-8-16(14,5)17(11,20)10-21-12(2)18/h9,14,20H,6-8,10H2,1-5H3/t14-,16-,17+/m0/s1. The Morgan fingerprint density at radius 2 is 2.00 bits per heavy atom. The van der Waals surface area contributed by atoms with Gasteiger partial charge in [-0.25, -0.2) is 0 Å². The Labute approximate surface area is 126 Å². The van der Waals surface area contributed by atoms with Gasteiger partial charge in [0, 0.05) is 18.3 Å². The van der Waals surface area contributed by atoms with E-state index in [1.54, 1.807) is 13.0 Å². The van der Waals surface area contributed by atoms with Crippen LogP contribution in [0.5, 0.6) is 0 Å². The maximum atomic E-state index is 12.6. The third kappa shape index (κ3) is 2.33. The molecule has 0 spiro atoms. The average molecular weight is 294 g/mol. The maximum absolute atomic E-state index is 12.6. The number of ketones is 1. The first kappa shape index (κ1) is 16.2. The van der Waals surface area contributed by atoms with Gasteiger partial charge in [-0.3, -0.25) is 9.59 Å². The number of carbonyl (C=O) groups is 2. The Bertz CT molecular complexity index is 505. The second kappa shape index (κ2) is 4.94. The molecule has 1 saturated carbocycles. The molecule has 0 unspecified atom stereocenters. The summed E-state index contributed by atoms with van der Waals surface area (Å²) in [5.74, 6) is -0.571. The Morgan fingerprint density at radius 1 is 1.38 bits per heavy atom. The first-order valence-corrected chi connectivity index (χ1v) is 7.63. The summed E-state index contributed by atoms with van der Waals surface area (Å²) in [5, 5.41) is 11.3. The lowest BCUT2D eigenvalue weighted by molar-refractivity contribution is -0.181. The van der Waals surface area contributed by atoms with Crippen LogP contribution < -0.4 is 0 Å². The lowest BCUT2D eigenvalue weighted by Gasteiger charge is -2.58. The van der Waals surface area contributed by atoms with E-state index in [-0.39, 0.29) is 23.7 Å². The zero-order chi connectivity index (χ0) is 16.1. The third-order valence-corrected chi connectivity index (χ3v) is 5.66. The van der Waals surface area contributed by atoms with Crippen molar-refractivity contribution in [3.05, 3.63) is 11.6 Å². The second-order valence-electron chi connectivity index (χ2n) is 7.56. The fourth-order valence-corrected chi connectivity index (χ4v) is 4.56. The monoisotopic (exact) mass is 294 g/mol. The number of fused-ring (bicyclic) bond motifs is 1. The largest absolute Gasteiger partial charge is 0.462 e. The number of hydrogen-bond acceptors (Lipinski definition) is 4. The van der Waals surface area contributed by atoms with Crippen molar-refractivity contribution in [1.29, 1.82) is 0 Å². The van der Waals surface area contributed by atoms with Crippen LogP contribution in [0.1, 0.15) is 53.9 Å². The molecule has 0 aromatic carbocycles. The summed E-state index contributed by atoms with van der Waals surface area (Å²) < 4.78 is 5.13. The summed E-state index contributed by atoms with van der Waals surface area (Å²) in [6.45, 7) is 9.16. The van der Waals surface area contributed by atoms with Crippen LogP contribution in [-0.2, 0) is 14.3 Å². The molecule has 0 aliphatic heterocycles. The minimum atomic E-state index is -1.27. The molecule has 1 fully saturated rings. The smallest absolute Gasteiger partial charge is 0.302 e. The molecule has 2 aliphatic carbocycles. The molecule has 0 heterocycles. The van der Waals surface area contributed by atoms with Crippen molar-refractivity contribution in [2.75, 3.05) is 6.61 Å². The van der Waals surface area contributed by atoms with E-state index >= 15 is 0 Å². The summed E-state index contributed by atoms with van der Waals surface area (Å²) in [6.07, 6.45) is 4.23. The molecule has 2 rings (SSSR count). The van der Waals surface area contributed by atoms with Gasteiger partial charge in [0.15, 0.2) is 5.78 Å². The van der Waals surface area contributed by atoms with Gasteiger partial charge in [0.25, 0.3) is 0 Å². The minimum absolute atomic E-state index is 0.0823. The molecule has 118 valence electrons. The van der Waals surface area contributed by atoms with Crippen LogP contribution in [0.2, 0.25) is 0 Å². The summed E-state index contributed by atoms with van der Waals surface area (Å²) >= 11 is 0. The number of aliphatic hydroxyl groups is 1. The summed E-state index contributed by atoms with van der Waals surface area (Å²) in [7, 11) is 0. The Morgan fingerprint density at radius 3 is 2.57 bits per heavy atom. The van der Waals surface area contributed by atoms with E-state index in [4.69, 9.17) is 4.74 Å². The zero-order valence-electron chi connectivity index (χ0n) is 13.7. The molecule has 4 nitrogen and oxygen atoms in total. The van der Waals surface area contributed by atoms with Gasteiger partial charge >= 0.3 is 5.97 Å². The Balaban J connectivity index is 2.51. The minimum Gasteiger partial charge on any atom is -0.462 e. The molecule has 3 atom stereocenters. The second-order valence-corrected chi connectivity index (χ2v) is 7.56. The molecule has 21 heavy (non-hydrogen) atoms. The summed E-state index contributed by atoms with van der Waals surface area (Å²) in [4.78, 5) is 23.8. The molecule has 0 aromatic rings. The van der Waals surface area contributed by atoms with Gasteiger partial charge < -0.3 is 9.84 Å². The Kier molecular flexibility index (Phi) is 3.81. The van der Waals surface area contributed by atoms with Gasteiger partial charge in [-0.2, -0.15) is 0 Å². The number of esters is 1. The zero-order valence-corrected chi connectivity index (χ0v) is 13.7. The first-order chi connectivity index (χ1) is 9.54. The van der Waals surface area contributed by atoms with Crippen LogP contribution in [0.4, 0.5) is 0 Å². The fourth-order valence-electron chi connectivity index (χ4n) is 4.56. The highest BCUT2D eigenvalue weighted by Gasteiger charge is 2.62. The van der Waals surface area contributed by atoms with E-state index in [0.29, 0.717) is 5.57 Å². The molecule has 0 amide bonds. The van der Waals surface area contributed by atoms with Crippen LogP contribution in [0.3, 0.4) is 0 Å². The van der Waals surface area contributed by atoms with E-state index in [2.05, 4.69) is 13.8 Å². The maximum Gasteiger partial charge on any atom is 0.302 e. The van der Waals surface area contributed by atoms with Gasteiger partial charge in [-0.15, -0.1) is 0 Å². The number of rotatable bonds is 2. The van der Waals surface area contributed by atoms with Gasteiger partial charge in [0.2, 0.25) is 0 Å². The van der Waals surface area contributed by atoms with Gasteiger partial charge in [0.05, 0.1) is 0 Å². The van der Waals surface area contributed by atoms with Crippen molar-refractivity contribution in [3.8, 4) is 0 Å². The van der Waals surface area contributed by atoms with E-state index in [1.165, 1.54) is 6.92 Å². The van der Waals surface area contributed by atoms with Crippen molar-refractivity contribution in [2.45, 2.75) is 59.5 Å². The normalized spacial score (nSPS) is 38.5. The van der Waals surface area contributed by atoms with Crippen molar-refractivity contribution < 1.29 is 19.4 Å². The van der Waals surface area contributed by atoms with Crippen LogP contribution in [0.15, 0.2) is 11.6 Å². The van der Waals surface area contributed by atoms with E-state index in [0.717, 1.165) is 19.3 Å². The quantitative estimate of drug-likeness (QED) is 0.795. The highest BCUT2D eigenvalue weighted by Crippen LogP contribution is 2.60. The first-order valence-electron chi connectivity index (χ1n) is 7.63.